The summed E-state index contributed by atoms with van der Waals surface area (Å²) in [6.45, 7) is 14.1. The highest BCUT2D eigenvalue weighted by Crippen LogP contribution is 2.45. The maximum atomic E-state index is 6.45. The Bertz CT molecular complexity index is 675. The van der Waals surface area contributed by atoms with Gasteiger partial charge in [-0.05, 0) is 61.2 Å². The van der Waals surface area contributed by atoms with Crippen LogP contribution in [0.2, 0.25) is 21.6 Å². The monoisotopic (exact) mass is 512 g/mol. The van der Waals surface area contributed by atoms with E-state index in [-0.39, 0.29) is 0 Å². The van der Waals surface area contributed by atoms with Crippen molar-refractivity contribution in [2.45, 2.75) is 58.2 Å². The van der Waals surface area contributed by atoms with Gasteiger partial charge in [-0.3, -0.25) is 4.35 Å². The Morgan fingerprint density at radius 1 is 1.14 bits per heavy atom. The van der Waals surface area contributed by atoms with Crippen LogP contribution in [0, 0.1) is 3.57 Å². The van der Waals surface area contributed by atoms with Gasteiger partial charge in [0.1, 0.15) is 0 Å². The lowest BCUT2D eigenvalue weighted by atomic mass is 10.3. The van der Waals surface area contributed by atoms with E-state index in [4.69, 9.17) is 16.7 Å². The fraction of sp³-hybridized carbons (Fsp3) is 0.562. The van der Waals surface area contributed by atoms with Crippen LogP contribution in [0.1, 0.15) is 41.5 Å². The number of aromatic nitrogens is 2. The molecule has 0 aliphatic heterocycles. The Labute approximate surface area is 161 Å². The first-order valence-electron chi connectivity index (χ1n) is 7.67. The molecule has 0 fully saturated rings. The molecule has 0 aliphatic carbocycles. The molecule has 1 aromatic carbocycles. The highest BCUT2D eigenvalue weighted by molar-refractivity contribution is 14.1. The summed E-state index contributed by atoms with van der Waals surface area (Å²) in [6, 6.07) is 2.09. The van der Waals surface area contributed by atoms with Gasteiger partial charge in [0.25, 0.3) is 0 Å². The van der Waals surface area contributed by atoms with Gasteiger partial charge < -0.3 is 0 Å². The maximum Gasteiger partial charge on any atom is 0.193 e. The topological polar surface area (TPSA) is 17.8 Å². The molecule has 1 heterocycles. The number of hydrogen-bond donors (Lipinski definition) is 0. The molecule has 0 amide bonds. The SMILES string of the molecule is CC(C)[Si](C(C)C)(C(C)C)n1ncc2c(Br)c(I)c(Cl)cc21. The molecule has 0 saturated heterocycles. The molecule has 0 bridgehead atoms. The molecule has 2 rings (SSSR count). The van der Waals surface area contributed by atoms with E-state index in [9.17, 15) is 0 Å². The van der Waals surface area contributed by atoms with Crippen molar-refractivity contribution >= 4 is 69.3 Å². The first-order chi connectivity index (χ1) is 10.2. The molecule has 0 radical (unpaired) electrons. The number of hydrogen-bond acceptors (Lipinski definition) is 1. The van der Waals surface area contributed by atoms with E-state index < -0.39 is 8.24 Å². The summed E-state index contributed by atoms with van der Waals surface area (Å²) >= 11 is 12.4. The van der Waals surface area contributed by atoms with E-state index in [1.54, 1.807) is 0 Å². The van der Waals surface area contributed by atoms with Gasteiger partial charge in [0.15, 0.2) is 8.24 Å². The normalized spacial score (nSPS) is 13.1. The predicted molar refractivity (Wildman–Crippen MR) is 112 cm³/mol. The second kappa shape index (κ2) is 6.73. The van der Waals surface area contributed by atoms with Crippen LogP contribution < -0.4 is 0 Å². The minimum Gasteiger partial charge on any atom is -0.293 e. The summed E-state index contributed by atoms with van der Waals surface area (Å²) < 4.78 is 4.47. The van der Waals surface area contributed by atoms with Crippen molar-refractivity contribution in [3.05, 3.63) is 25.3 Å². The van der Waals surface area contributed by atoms with Crippen LogP contribution in [-0.4, -0.2) is 17.7 Å². The molecule has 122 valence electrons. The summed E-state index contributed by atoms with van der Waals surface area (Å²) in [5.74, 6) is 0. The molecule has 0 N–H and O–H groups in total. The lowest BCUT2D eigenvalue weighted by Gasteiger charge is -2.43. The summed E-state index contributed by atoms with van der Waals surface area (Å²) in [4.78, 5) is 0. The zero-order valence-electron chi connectivity index (χ0n) is 13.9. The van der Waals surface area contributed by atoms with Crippen molar-refractivity contribution in [2.75, 3.05) is 0 Å². The molecule has 0 aliphatic rings. The third-order valence-electron chi connectivity index (χ3n) is 4.85. The average Bonchev–Trinajstić information content (AvgIpc) is 2.80. The zero-order valence-corrected chi connectivity index (χ0v) is 19.4. The lowest BCUT2D eigenvalue weighted by molar-refractivity contribution is 0.736. The van der Waals surface area contributed by atoms with Crippen molar-refractivity contribution in [1.29, 1.82) is 0 Å². The van der Waals surface area contributed by atoms with E-state index in [0.29, 0.717) is 16.6 Å². The highest BCUT2D eigenvalue weighted by atomic mass is 127. The van der Waals surface area contributed by atoms with Crippen LogP contribution in [0.5, 0.6) is 0 Å². The molecule has 6 heteroatoms. The van der Waals surface area contributed by atoms with Crippen LogP contribution in [0.3, 0.4) is 0 Å². The fourth-order valence-electron chi connectivity index (χ4n) is 4.11. The van der Waals surface area contributed by atoms with E-state index in [2.05, 4.69) is 90.5 Å². The molecular formula is C16H23BrClIN2Si. The van der Waals surface area contributed by atoms with Gasteiger partial charge in [-0.15, -0.1) is 0 Å². The first kappa shape index (κ1) is 18.7. The minimum atomic E-state index is -1.86. The van der Waals surface area contributed by atoms with Crippen LogP contribution in [0.4, 0.5) is 0 Å². The molecule has 0 unspecified atom stereocenters. The first-order valence-corrected chi connectivity index (χ1v) is 12.1. The summed E-state index contributed by atoms with van der Waals surface area (Å²) in [5, 5.41) is 6.81. The lowest BCUT2D eigenvalue weighted by Crippen LogP contribution is -2.52. The second-order valence-electron chi connectivity index (χ2n) is 6.83. The smallest absolute Gasteiger partial charge is 0.193 e. The molecule has 0 spiro atoms. The largest absolute Gasteiger partial charge is 0.293 e. The predicted octanol–water partition coefficient (Wildman–Crippen LogP) is 7.08. The van der Waals surface area contributed by atoms with Crippen LogP contribution >= 0.6 is 50.1 Å². The molecule has 2 aromatic rings. The molecule has 22 heavy (non-hydrogen) atoms. The van der Waals surface area contributed by atoms with E-state index in [1.165, 1.54) is 5.52 Å². The van der Waals surface area contributed by atoms with Gasteiger partial charge in [-0.2, -0.15) is 5.10 Å². The molecule has 1 aromatic heterocycles. The fourth-order valence-corrected chi connectivity index (χ4v) is 11.7. The van der Waals surface area contributed by atoms with Crippen LogP contribution in [0.25, 0.3) is 10.9 Å². The van der Waals surface area contributed by atoms with Crippen LogP contribution in [-0.2, 0) is 0 Å². The van der Waals surface area contributed by atoms with Crippen molar-refractivity contribution in [3.8, 4) is 0 Å². The van der Waals surface area contributed by atoms with Gasteiger partial charge in [0.2, 0.25) is 0 Å². The number of benzene rings is 1. The van der Waals surface area contributed by atoms with E-state index in [0.717, 1.165) is 18.5 Å². The maximum absolute atomic E-state index is 6.45. The number of halogens is 3. The van der Waals surface area contributed by atoms with Crippen molar-refractivity contribution < 1.29 is 0 Å². The van der Waals surface area contributed by atoms with Crippen molar-refractivity contribution in [1.82, 2.24) is 9.45 Å². The van der Waals surface area contributed by atoms with Crippen molar-refractivity contribution in [3.63, 3.8) is 0 Å². The van der Waals surface area contributed by atoms with Gasteiger partial charge in [-0.25, -0.2) is 0 Å². The van der Waals surface area contributed by atoms with Gasteiger partial charge in [0.05, 0.1) is 16.7 Å². The number of fused-ring (bicyclic) bond motifs is 1. The minimum absolute atomic E-state index is 0.604. The quantitative estimate of drug-likeness (QED) is 0.243. The van der Waals surface area contributed by atoms with Gasteiger partial charge >= 0.3 is 0 Å². The molecule has 0 saturated carbocycles. The zero-order chi connectivity index (χ0) is 16.8. The average molecular weight is 514 g/mol. The standard InChI is InChI=1S/C16H23BrClIN2Si/c1-9(2)22(10(3)4,11(5)6)21-14-7-13(18)16(19)15(17)12(14)8-20-21/h7-11H,1-6H3. The Morgan fingerprint density at radius 3 is 2.09 bits per heavy atom. The van der Waals surface area contributed by atoms with Crippen molar-refractivity contribution in [2.24, 2.45) is 0 Å². The van der Waals surface area contributed by atoms with E-state index in [1.807, 2.05) is 6.20 Å². The highest BCUT2D eigenvalue weighted by Gasteiger charge is 2.47. The molecule has 0 atom stereocenters. The number of nitrogens with zero attached hydrogens (tertiary/aromatic N) is 2. The number of rotatable bonds is 4. The summed E-state index contributed by atoms with van der Waals surface area (Å²) in [7, 11) is -1.86. The Balaban J connectivity index is 2.87. The molecule has 2 nitrogen and oxygen atoms in total. The third kappa shape index (κ3) is 2.69. The van der Waals surface area contributed by atoms with Gasteiger partial charge in [0, 0.05) is 13.4 Å². The Morgan fingerprint density at radius 2 is 1.64 bits per heavy atom. The Hall–Kier alpha value is 0.407. The Kier molecular flexibility index (Phi) is 5.73. The summed E-state index contributed by atoms with van der Waals surface area (Å²) in [6.07, 6.45) is 1.99. The second-order valence-corrected chi connectivity index (χ2v) is 14.8. The van der Waals surface area contributed by atoms with E-state index >= 15 is 0 Å². The van der Waals surface area contributed by atoms with Gasteiger partial charge in [-0.1, -0.05) is 53.1 Å². The molecular weight excluding hydrogens is 491 g/mol. The van der Waals surface area contributed by atoms with Crippen LogP contribution in [0.15, 0.2) is 16.7 Å². The third-order valence-corrected chi connectivity index (χ3v) is 14.8. The summed E-state index contributed by atoms with van der Waals surface area (Å²) in [5.41, 5.74) is 2.98.